The molecule has 3 aliphatic rings. The molecule has 7 N–H and O–H groups in total. The number of benzene rings is 3. The number of carbonyl (C=O) groups excluding carboxylic acids is 8. The molecule has 0 aliphatic carbocycles. The van der Waals surface area contributed by atoms with Crippen molar-refractivity contribution in [2.24, 2.45) is 23.5 Å². The normalized spacial score (nSPS) is 16.8. The third-order valence-electron chi connectivity index (χ3n) is 14.8. The first kappa shape index (κ1) is 61.6. The Kier molecular flexibility index (Phi) is 22.2. The van der Waals surface area contributed by atoms with Gasteiger partial charge in [0.25, 0.3) is 17.7 Å². The van der Waals surface area contributed by atoms with Crippen LogP contribution in [0.4, 0.5) is 24.1 Å². The number of halogens is 2. The van der Waals surface area contributed by atoms with Crippen LogP contribution < -0.4 is 27.0 Å². The zero-order valence-electron chi connectivity index (χ0n) is 46.5. The lowest BCUT2D eigenvalue weighted by Gasteiger charge is -2.40. The Morgan fingerprint density at radius 2 is 1.59 bits per heavy atom. The van der Waals surface area contributed by atoms with Crippen molar-refractivity contribution >= 4 is 53.3 Å². The van der Waals surface area contributed by atoms with Crippen LogP contribution in [0.3, 0.4) is 0 Å². The van der Waals surface area contributed by atoms with E-state index in [1.807, 2.05) is 34.9 Å². The van der Waals surface area contributed by atoms with Crippen molar-refractivity contribution in [2.75, 3.05) is 51.3 Å². The van der Waals surface area contributed by atoms with Gasteiger partial charge in [0.2, 0.25) is 17.7 Å². The molecule has 2 unspecified atom stereocenters. The number of unbranched alkanes of at least 4 members (excludes halogenated alkanes) is 2. The Bertz CT molecular complexity index is 2900. The zero-order chi connectivity index (χ0) is 58.9. The molecule has 3 aliphatic heterocycles. The van der Waals surface area contributed by atoms with Gasteiger partial charge >= 0.3 is 12.1 Å². The Morgan fingerprint density at radius 1 is 0.866 bits per heavy atom. The van der Waals surface area contributed by atoms with E-state index in [4.69, 9.17) is 20.2 Å². The summed E-state index contributed by atoms with van der Waals surface area (Å²) in [6.07, 6.45) is 5.75. The van der Waals surface area contributed by atoms with Crippen molar-refractivity contribution in [1.29, 1.82) is 0 Å². The molecule has 3 aromatic carbocycles. The minimum atomic E-state index is -1.40. The summed E-state index contributed by atoms with van der Waals surface area (Å²) < 4.78 is 43.3. The number of nitrogens with two attached hydrogens (primary N) is 1. The lowest BCUT2D eigenvalue weighted by molar-refractivity contribution is -0.145. The number of primary amides is 1. The van der Waals surface area contributed by atoms with Gasteiger partial charge in [0, 0.05) is 88.5 Å². The molecule has 0 saturated carbocycles. The Balaban J connectivity index is 0.962. The van der Waals surface area contributed by atoms with Gasteiger partial charge in [-0.1, -0.05) is 62.7 Å². The summed E-state index contributed by atoms with van der Waals surface area (Å²) in [6, 6.07) is 15.7. The highest BCUT2D eigenvalue weighted by molar-refractivity contribution is 6.12. The van der Waals surface area contributed by atoms with Crippen LogP contribution >= 0.6 is 0 Å². The van der Waals surface area contributed by atoms with Crippen molar-refractivity contribution in [1.82, 2.24) is 40.2 Å². The lowest BCUT2D eigenvalue weighted by Crippen LogP contribution is -2.54. The highest BCUT2D eigenvalue weighted by Gasteiger charge is 2.41. The van der Waals surface area contributed by atoms with Gasteiger partial charge in [-0.2, -0.15) is 0 Å². The number of aliphatic hydroxyl groups is 1. The zero-order valence-corrected chi connectivity index (χ0v) is 46.5. The fraction of sp³-hybridized carbons (Fsp3) is 0.475. The largest absolute Gasteiger partial charge is 0.445 e. The number of rotatable bonds is 27. The van der Waals surface area contributed by atoms with Gasteiger partial charge in [-0.25, -0.2) is 23.4 Å². The van der Waals surface area contributed by atoms with E-state index in [1.54, 1.807) is 54.1 Å². The molecule has 7 rings (SSSR count). The number of nitrogens with zero attached hydrogens (tertiary/aromatic N) is 5. The maximum absolute atomic E-state index is 15.4. The molecule has 82 heavy (non-hydrogen) atoms. The molecule has 21 nitrogen and oxygen atoms in total. The number of anilines is 1. The standard InChI is InChI=1S/C59H74F2N10O11/c1-37(2)52(67-49(73)14-8-5-9-27-70-50(74)21-22-51(70)75)56(77)66-47(13-10-26-63-58(62)79)55(76)64-44-18-15-40(16-19-44)36-82-59(80)68-28-23-41(33-68)34-71(57(78)38(3)72)53(42-24-29-81-30-25-42)54-65-48(45-31-43(60)17-20-46(45)61)35-69(54)32-39-11-6-4-7-12-39/h4,6-7,11-12,15-22,31,35,37-38,41-42,47,52-53,72H,5,8-10,13-14,23-30,32-34,36H2,1-3H3,(H,64,76)(H,66,77)(H,67,73)(H3,62,63,79)/t38-,41?,47-,52-,53?/m0/s1. The molecule has 9 amide bonds. The third kappa shape index (κ3) is 17.2. The summed E-state index contributed by atoms with van der Waals surface area (Å²) in [7, 11) is 0. The van der Waals surface area contributed by atoms with Crippen LogP contribution in [0.15, 0.2) is 91.1 Å². The average molecular weight is 1140 g/mol. The number of ether oxygens (including phenoxy) is 2. The second-order valence-corrected chi connectivity index (χ2v) is 21.4. The number of nitrogens with one attached hydrogen (secondary N) is 4. The molecule has 1 aromatic heterocycles. The van der Waals surface area contributed by atoms with Crippen LogP contribution in [-0.2, 0) is 51.4 Å². The molecular weight excluding hydrogens is 1060 g/mol. The first-order valence-corrected chi connectivity index (χ1v) is 28.0. The number of aliphatic hydroxyl groups excluding tert-OH is 1. The van der Waals surface area contributed by atoms with Crippen molar-refractivity contribution in [3.63, 3.8) is 0 Å². The van der Waals surface area contributed by atoms with E-state index in [0.717, 1.165) is 28.7 Å². The lowest BCUT2D eigenvalue weighted by atomic mass is 9.88. The SMILES string of the molecule is CC(C)[C@H](NC(=O)CCCCCN1C(=O)C=CC1=O)C(=O)N[C@@H](CCCNC(N)=O)C(=O)Nc1ccc(COC(=O)N2CCC(CN(C(=O)[C@H](C)O)C(c3nc(-c4cc(F)ccc4F)cn3Cc3ccccc3)C3CCOCC3)C2)cc1. The van der Waals surface area contributed by atoms with Crippen LogP contribution in [0.5, 0.6) is 0 Å². The van der Waals surface area contributed by atoms with E-state index >= 15 is 4.39 Å². The van der Waals surface area contributed by atoms with E-state index in [0.29, 0.717) is 81.9 Å². The van der Waals surface area contributed by atoms with Crippen LogP contribution in [0.1, 0.15) is 102 Å². The predicted octanol–water partition coefficient (Wildman–Crippen LogP) is 5.71. The summed E-state index contributed by atoms with van der Waals surface area (Å²) in [5.74, 6) is -4.46. The quantitative estimate of drug-likeness (QED) is 0.0310. The molecule has 4 heterocycles. The van der Waals surface area contributed by atoms with Gasteiger partial charge in [0.05, 0.1) is 11.7 Å². The number of hydrogen-bond acceptors (Lipinski definition) is 12. The van der Waals surface area contributed by atoms with Crippen LogP contribution in [0.25, 0.3) is 11.3 Å². The van der Waals surface area contributed by atoms with Gasteiger partial charge < -0.3 is 55.9 Å². The van der Waals surface area contributed by atoms with Crippen molar-refractivity contribution < 1.29 is 61.7 Å². The second kappa shape index (κ2) is 29.6. The molecule has 0 spiro atoms. The summed E-state index contributed by atoms with van der Waals surface area (Å²) in [4.78, 5) is 113. The Hall–Kier alpha value is -8.05. The Labute approximate surface area is 475 Å². The van der Waals surface area contributed by atoms with E-state index < -0.39 is 65.7 Å². The monoisotopic (exact) mass is 1140 g/mol. The van der Waals surface area contributed by atoms with Gasteiger partial charge in [-0.05, 0) is 111 Å². The number of imide groups is 1. The number of urea groups is 1. The molecule has 0 bridgehead atoms. The first-order chi connectivity index (χ1) is 39.3. The number of aromatic nitrogens is 2. The molecule has 23 heteroatoms. The van der Waals surface area contributed by atoms with Crippen molar-refractivity contribution in [3.8, 4) is 11.3 Å². The topological polar surface area (TPSA) is 277 Å². The van der Waals surface area contributed by atoms with E-state index in [-0.39, 0.29) is 98.8 Å². The van der Waals surface area contributed by atoms with E-state index in [1.165, 1.54) is 19.1 Å². The molecule has 440 valence electrons. The maximum atomic E-state index is 15.4. The van der Waals surface area contributed by atoms with Gasteiger partial charge in [0.1, 0.15) is 42.3 Å². The van der Waals surface area contributed by atoms with Crippen LogP contribution in [-0.4, -0.2) is 141 Å². The minimum absolute atomic E-state index is 0.0356. The molecular formula is C59H74F2N10O11. The van der Waals surface area contributed by atoms with E-state index in [2.05, 4.69) is 21.3 Å². The number of hydrogen-bond donors (Lipinski definition) is 6. The predicted molar refractivity (Wildman–Crippen MR) is 298 cm³/mol. The van der Waals surface area contributed by atoms with Crippen LogP contribution in [0.2, 0.25) is 0 Å². The maximum Gasteiger partial charge on any atom is 0.410 e. The molecule has 2 fully saturated rings. The number of imidazole rings is 1. The molecule has 2 saturated heterocycles. The van der Waals surface area contributed by atoms with Crippen LogP contribution in [0, 0.1) is 29.4 Å². The average Bonchev–Trinajstić information content (AvgIpc) is 3.77. The van der Waals surface area contributed by atoms with Crippen molar-refractivity contribution in [3.05, 3.63) is 120 Å². The highest BCUT2D eigenvalue weighted by atomic mass is 19.1. The summed E-state index contributed by atoms with van der Waals surface area (Å²) in [6.45, 7) is 7.02. The number of amides is 9. The summed E-state index contributed by atoms with van der Waals surface area (Å²) >= 11 is 0. The fourth-order valence-electron chi connectivity index (χ4n) is 10.4. The minimum Gasteiger partial charge on any atom is -0.445 e. The Morgan fingerprint density at radius 3 is 2.27 bits per heavy atom. The third-order valence-corrected chi connectivity index (χ3v) is 14.8. The van der Waals surface area contributed by atoms with Gasteiger partial charge in [-0.3, -0.25) is 33.7 Å². The first-order valence-electron chi connectivity index (χ1n) is 28.0. The molecule has 4 aromatic rings. The number of carbonyl (C=O) groups is 8. The second-order valence-electron chi connectivity index (χ2n) is 21.4. The van der Waals surface area contributed by atoms with Gasteiger partial charge in [-0.15, -0.1) is 0 Å². The molecule has 5 atom stereocenters. The number of likely N-dealkylation sites (tertiary alicyclic amines) is 1. The fourth-order valence-corrected chi connectivity index (χ4v) is 10.4. The summed E-state index contributed by atoms with van der Waals surface area (Å²) in [5, 5.41) is 21.7. The smallest absolute Gasteiger partial charge is 0.410 e. The van der Waals surface area contributed by atoms with Crippen molar-refractivity contribution in [2.45, 2.75) is 116 Å². The highest BCUT2D eigenvalue weighted by Crippen LogP contribution is 2.39. The van der Waals surface area contributed by atoms with Gasteiger partial charge in [0.15, 0.2) is 0 Å². The summed E-state index contributed by atoms with van der Waals surface area (Å²) in [5.41, 5.74) is 7.26. The molecule has 0 radical (unpaired) electrons. The van der Waals surface area contributed by atoms with E-state index in [9.17, 15) is 47.9 Å².